The van der Waals surface area contributed by atoms with Gasteiger partial charge in [-0.3, -0.25) is 0 Å². The molecule has 0 amide bonds. The molecule has 0 fully saturated rings. The molecule has 2 rings (SSSR count). The summed E-state index contributed by atoms with van der Waals surface area (Å²) in [5.41, 5.74) is 4.45. The third kappa shape index (κ3) is 5.50. The van der Waals surface area contributed by atoms with Crippen molar-refractivity contribution in [2.45, 2.75) is 13.8 Å². The van der Waals surface area contributed by atoms with Crippen LogP contribution in [0, 0.1) is 0 Å². The van der Waals surface area contributed by atoms with Crippen LogP contribution in [-0.4, -0.2) is 38.8 Å². The molecule has 138 valence electrons. The second kappa shape index (κ2) is 10.5. The van der Waals surface area contributed by atoms with E-state index in [9.17, 15) is 0 Å². The summed E-state index contributed by atoms with van der Waals surface area (Å²) in [7, 11) is 4.00. The van der Waals surface area contributed by atoms with E-state index in [-0.39, 0.29) is 0 Å². The zero-order valence-electron chi connectivity index (χ0n) is 16.2. The molecule has 2 aromatic carbocycles. The van der Waals surface area contributed by atoms with Gasteiger partial charge in [-0.2, -0.15) is 0 Å². The molecule has 0 atom stereocenters. The third-order valence-corrected chi connectivity index (χ3v) is 3.92. The first kappa shape index (κ1) is 19.8. The Hall–Kier alpha value is -2.52. The van der Waals surface area contributed by atoms with Gasteiger partial charge in [0.25, 0.3) is 0 Å². The van der Waals surface area contributed by atoms with Crippen molar-refractivity contribution < 1.29 is 9.47 Å². The van der Waals surface area contributed by atoms with Crippen LogP contribution in [0.3, 0.4) is 0 Å². The Bertz CT molecular complexity index is 718. The molecule has 0 aliphatic carbocycles. The molecule has 3 nitrogen and oxygen atoms in total. The van der Waals surface area contributed by atoms with Crippen molar-refractivity contribution in [3.05, 3.63) is 83.2 Å². The molecule has 0 radical (unpaired) electrons. The predicted octanol–water partition coefficient (Wildman–Crippen LogP) is 5.07. The van der Waals surface area contributed by atoms with Gasteiger partial charge >= 0.3 is 0 Å². The largest absolute Gasteiger partial charge is 0.479 e. The van der Waals surface area contributed by atoms with Crippen molar-refractivity contribution in [1.29, 1.82) is 0 Å². The summed E-state index contributed by atoms with van der Waals surface area (Å²) >= 11 is 0. The predicted molar refractivity (Wildman–Crippen MR) is 110 cm³/mol. The summed E-state index contributed by atoms with van der Waals surface area (Å²) in [5, 5.41) is 0. The lowest BCUT2D eigenvalue weighted by atomic mass is 9.95. The van der Waals surface area contributed by atoms with Gasteiger partial charge in [-0.05, 0) is 36.6 Å². The quantitative estimate of drug-likeness (QED) is 0.357. The maximum atomic E-state index is 5.99. The fourth-order valence-electron chi connectivity index (χ4n) is 2.76. The smallest absolute Gasteiger partial charge is 0.195 e. The molecule has 0 aromatic heterocycles. The summed E-state index contributed by atoms with van der Waals surface area (Å²) in [6.07, 6.45) is 2.20. The zero-order chi connectivity index (χ0) is 18.8. The summed E-state index contributed by atoms with van der Waals surface area (Å²) in [6, 6.07) is 20.7. The van der Waals surface area contributed by atoms with Gasteiger partial charge in [0.1, 0.15) is 0 Å². The van der Waals surface area contributed by atoms with Crippen LogP contribution in [0.5, 0.6) is 0 Å². The highest BCUT2D eigenvalue weighted by Crippen LogP contribution is 2.29. The maximum Gasteiger partial charge on any atom is 0.195 e. The fraction of sp³-hybridized carbons (Fsp3) is 0.304. The SMILES string of the molecule is CCOCC(/C(=C\c1ccccc1)c1ccccc1)=C(/OCC)N(C)C. The third-order valence-electron chi connectivity index (χ3n) is 3.92. The second-order valence-corrected chi connectivity index (χ2v) is 6.08. The molecule has 26 heavy (non-hydrogen) atoms. The van der Waals surface area contributed by atoms with E-state index < -0.39 is 0 Å². The normalized spacial score (nSPS) is 12.5. The van der Waals surface area contributed by atoms with E-state index in [0.29, 0.717) is 19.8 Å². The number of nitrogens with zero attached hydrogens (tertiary/aromatic N) is 1. The van der Waals surface area contributed by atoms with Crippen molar-refractivity contribution in [2.75, 3.05) is 33.9 Å². The van der Waals surface area contributed by atoms with Crippen LogP contribution < -0.4 is 0 Å². The van der Waals surface area contributed by atoms with Crippen LogP contribution in [0.4, 0.5) is 0 Å². The molecular weight excluding hydrogens is 322 g/mol. The monoisotopic (exact) mass is 351 g/mol. The molecule has 2 aromatic rings. The number of rotatable bonds is 9. The van der Waals surface area contributed by atoms with Crippen LogP contribution in [0.15, 0.2) is 72.1 Å². The Balaban J connectivity index is 2.65. The van der Waals surface area contributed by atoms with E-state index in [2.05, 4.69) is 54.6 Å². The van der Waals surface area contributed by atoms with E-state index in [1.807, 2.05) is 45.0 Å². The summed E-state index contributed by atoms with van der Waals surface area (Å²) in [5.74, 6) is 0.840. The minimum atomic E-state index is 0.498. The van der Waals surface area contributed by atoms with Crippen LogP contribution >= 0.6 is 0 Å². The van der Waals surface area contributed by atoms with Crippen molar-refractivity contribution in [3.63, 3.8) is 0 Å². The van der Waals surface area contributed by atoms with Crippen LogP contribution in [0.1, 0.15) is 25.0 Å². The molecule has 0 saturated heterocycles. The average Bonchev–Trinajstić information content (AvgIpc) is 2.67. The number of benzene rings is 2. The van der Waals surface area contributed by atoms with Gasteiger partial charge in [-0.15, -0.1) is 0 Å². The topological polar surface area (TPSA) is 21.7 Å². The minimum absolute atomic E-state index is 0.498. The molecular formula is C23H29NO2. The minimum Gasteiger partial charge on any atom is -0.479 e. The molecule has 0 heterocycles. The number of hydrogen-bond acceptors (Lipinski definition) is 3. The van der Waals surface area contributed by atoms with Gasteiger partial charge in [-0.1, -0.05) is 60.7 Å². The number of hydrogen-bond donors (Lipinski definition) is 0. The average molecular weight is 351 g/mol. The van der Waals surface area contributed by atoms with Crippen molar-refractivity contribution in [3.8, 4) is 0 Å². The molecule has 0 aliphatic heterocycles. The lowest BCUT2D eigenvalue weighted by Crippen LogP contribution is -2.19. The Morgan fingerprint density at radius 2 is 1.50 bits per heavy atom. The zero-order valence-corrected chi connectivity index (χ0v) is 16.2. The van der Waals surface area contributed by atoms with Gasteiger partial charge in [0.2, 0.25) is 0 Å². The van der Waals surface area contributed by atoms with Gasteiger partial charge in [-0.25, -0.2) is 0 Å². The standard InChI is InChI=1S/C23H29NO2/c1-5-25-18-22(23(24(3)4)26-6-2)21(20-15-11-8-12-16-20)17-19-13-9-7-10-14-19/h7-17H,5-6,18H2,1-4H3/b21-17-,23-22-. The van der Waals surface area contributed by atoms with Crippen LogP contribution in [-0.2, 0) is 9.47 Å². The first-order valence-electron chi connectivity index (χ1n) is 9.10. The molecule has 3 heteroatoms. The van der Waals surface area contributed by atoms with Gasteiger partial charge in [0.15, 0.2) is 5.88 Å². The summed E-state index contributed by atoms with van der Waals surface area (Å²) < 4.78 is 11.8. The van der Waals surface area contributed by atoms with E-state index in [4.69, 9.17) is 9.47 Å². The van der Waals surface area contributed by atoms with Crippen LogP contribution in [0.25, 0.3) is 11.6 Å². The lowest BCUT2D eigenvalue weighted by molar-refractivity contribution is 0.131. The van der Waals surface area contributed by atoms with E-state index >= 15 is 0 Å². The number of ether oxygens (including phenoxy) is 2. The molecule has 0 aliphatic rings. The highest BCUT2D eigenvalue weighted by Gasteiger charge is 2.17. The Morgan fingerprint density at radius 1 is 0.885 bits per heavy atom. The van der Waals surface area contributed by atoms with Crippen molar-refractivity contribution in [2.24, 2.45) is 0 Å². The highest BCUT2D eigenvalue weighted by atomic mass is 16.5. The Labute approximate surface area is 157 Å². The maximum absolute atomic E-state index is 5.99. The molecule has 0 saturated carbocycles. The van der Waals surface area contributed by atoms with E-state index in [0.717, 1.165) is 28.2 Å². The van der Waals surface area contributed by atoms with Crippen molar-refractivity contribution in [1.82, 2.24) is 4.90 Å². The molecule has 0 N–H and O–H groups in total. The molecule has 0 spiro atoms. The van der Waals surface area contributed by atoms with Gasteiger partial charge in [0, 0.05) is 26.3 Å². The van der Waals surface area contributed by atoms with E-state index in [1.165, 1.54) is 0 Å². The molecule has 0 bridgehead atoms. The highest BCUT2D eigenvalue weighted by molar-refractivity contribution is 5.91. The summed E-state index contributed by atoms with van der Waals surface area (Å²) in [6.45, 7) is 5.78. The first-order valence-corrected chi connectivity index (χ1v) is 9.10. The van der Waals surface area contributed by atoms with E-state index in [1.54, 1.807) is 0 Å². The lowest BCUT2D eigenvalue weighted by Gasteiger charge is -2.24. The van der Waals surface area contributed by atoms with Crippen LogP contribution in [0.2, 0.25) is 0 Å². The molecule has 0 unspecified atom stereocenters. The summed E-state index contributed by atoms with van der Waals surface area (Å²) in [4.78, 5) is 2.01. The first-order chi connectivity index (χ1) is 12.7. The van der Waals surface area contributed by atoms with Gasteiger partial charge < -0.3 is 14.4 Å². The Morgan fingerprint density at radius 3 is 2.04 bits per heavy atom. The Kier molecular flexibility index (Phi) is 7.97. The van der Waals surface area contributed by atoms with Crippen molar-refractivity contribution >= 4 is 11.6 Å². The fourth-order valence-corrected chi connectivity index (χ4v) is 2.76. The second-order valence-electron chi connectivity index (χ2n) is 6.08. The van der Waals surface area contributed by atoms with Gasteiger partial charge in [0.05, 0.1) is 13.2 Å².